The molecule has 0 radical (unpaired) electrons. The summed E-state index contributed by atoms with van der Waals surface area (Å²) in [5.74, 6) is 0.179. The maximum atomic E-state index is 12.4. The Kier molecular flexibility index (Phi) is 9.13. The SMILES string of the molecule is Cl.NCCN(Cc1ccccc1)C(=O)CCC1CCCCO1. The predicted molar refractivity (Wildman–Crippen MR) is 91.0 cm³/mol. The molecule has 1 unspecified atom stereocenters. The quantitative estimate of drug-likeness (QED) is 0.838. The molecule has 1 amide bonds. The van der Waals surface area contributed by atoms with Gasteiger partial charge in [-0.15, -0.1) is 12.4 Å². The molecule has 1 fully saturated rings. The smallest absolute Gasteiger partial charge is 0.223 e. The predicted octanol–water partition coefficient (Wildman–Crippen LogP) is 2.75. The highest BCUT2D eigenvalue weighted by Gasteiger charge is 2.18. The van der Waals surface area contributed by atoms with Crippen molar-refractivity contribution in [2.75, 3.05) is 19.7 Å². The number of carbonyl (C=O) groups excluding carboxylic acids is 1. The average Bonchev–Trinajstić information content (AvgIpc) is 2.54. The highest BCUT2D eigenvalue weighted by molar-refractivity contribution is 5.85. The molecule has 0 spiro atoms. The highest BCUT2D eigenvalue weighted by atomic mass is 35.5. The van der Waals surface area contributed by atoms with Crippen LogP contribution in [-0.2, 0) is 16.1 Å². The Morgan fingerprint density at radius 2 is 2.05 bits per heavy atom. The van der Waals surface area contributed by atoms with Gasteiger partial charge in [0.15, 0.2) is 0 Å². The topological polar surface area (TPSA) is 55.6 Å². The van der Waals surface area contributed by atoms with Crippen LogP contribution in [0.2, 0.25) is 0 Å². The molecule has 1 aromatic carbocycles. The number of hydrogen-bond donors (Lipinski definition) is 1. The van der Waals surface area contributed by atoms with Crippen LogP contribution in [0.25, 0.3) is 0 Å². The van der Waals surface area contributed by atoms with Gasteiger partial charge in [0, 0.05) is 32.7 Å². The molecule has 0 aromatic heterocycles. The first kappa shape index (κ1) is 18.9. The van der Waals surface area contributed by atoms with E-state index in [0.717, 1.165) is 31.4 Å². The lowest BCUT2D eigenvalue weighted by molar-refractivity contribution is -0.132. The van der Waals surface area contributed by atoms with E-state index in [4.69, 9.17) is 10.5 Å². The van der Waals surface area contributed by atoms with E-state index in [0.29, 0.717) is 26.1 Å². The maximum Gasteiger partial charge on any atom is 0.223 e. The van der Waals surface area contributed by atoms with E-state index in [9.17, 15) is 4.79 Å². The minimum atomic E-state index is 0. The van der Waals surface area contributed by atoms with Gasteiger partial charge >= 0.3 is 0 Å². The molecular weight excluding hydrogens is 300 g/mol. The summed E-state index contributed by atoms with van der Waals surface area (Å²) in [7, 11) is 0. The van der Waals surface area contributed by atoms with Crippen LogP contribution in [0.15, 0.2) is 30.3 Å². The molecule has 0 bridgehead atoms. The fourth-order valence-electron chi connectivity index (χ4n) is 2.73. The molecule has 2 rings (SSSR count). The summed E-state index contributed by atoms with van der Waals surface area (Å²) in [6, 6.07) is 10.1. The van der Waals surface area contributed by atoms with Crippen LogP contribution in [-0.4, -0.2) is 36.6 Å². The van der Waals surface area contributed by atoms with Crippen LogP contribution in [0.1, 0.15) is 37.7 Å². The third kappa shape index (κ3) is 6.34. The van der Waals surface area contributed by atoms with E-state index in [1.807, 2.05) is 35.2 Å². The van der Waals surface area contributed by atoms with Crippen LogP contribution in [0, 0.1) is 0 Å². The van der Waals surface area contributed by atoms with Crippen molar-refractivity contribution in [1.29, 1.82) is 0 Å². The second kappa shape index (κ2) is 10.6. The van der Waals surface area contributed by atoms with Crippen molar-refractivity contribution in [3.05, 3.63) is 35.9 Å². The summed E-state index contributed by atoms with van der Waals surface area (Å²) in [6.07, 6.45) is 5.10. The van der Waals surface area contributed by atoms with Gasteiger partial charge < -0.3 is 15.4 Å². The monoisotopic (exact) mass is 326 g/mol. The second-order valence-corrected chi connectivity index (χ2v) is 5.62. The third-order valence-corrected chi connectivity index (χ3v) is 3.92. The van der Waals surface area contributed by atoms with Gasteiger partial charge in [-0.1, -0.05) is 30.3 Å². The summed E-state index contributed by atoms with van der Waals surface area (Å²) in [6.45, 7) is 2.59. The Balaban J connectivity index is 0.00000242. The lowest BCUT2D eigenvalue weighted by Crippen LogP contribution is -2.35. The molecule has 1 aliphatic rings. The molecule has 0 aliphatic carbocycles. The standard InChI is InChI=1S/C17H26N2O2.ClH/c18-11-12-19(14-15-6-2-1-3-7-15)17(20)10-9-16-8-4-5-13-21-16;/h1-3,6-7,16H,4-5,8-14,18H2;1H. The van der Waals surface area contributed by atoms with Crippen LogP contribution in [0.5, 0.6) is 0 Å². The summed E-state index contributed by atoms with van der Waals surface area (Å²) in [5, 5.41) is 0. The Morgan fingerprint density at radius 3 is 2.68 bits per heavy atom. The number of nitrogens with two attached hydrogens (primary N) is 1. The molecule has 2 N–H and O–H groups in total. The van der Waals surface area contributed by atoms with Crippen molar-refractivity contribution in [3.8, 4) is 0 Å². The molecule has 1 saturated heterocycles. The molecule has 1 heterocycles. The summed E-state index contributed by atoms with van der Waals surface area (Å²) < 4.78 is 5.69. The van der Waals surface area contributed by atoms with Gasteiger partial charge in [-0.25, -0.2) is 0 Å². The normalized spacial score (nSPS) is 17.6. The fourth-order valence-corrected chi connectivity index (χ4v) is 2.73. The molecule has 5 heteroatoms. The zero-order chi connectivity index (χ0) is 14.9. The zero-order valence-electron chi connectivity index (χ0n) is 13.1. The van der Waals surface area contributed by atoms with Gasteiger partial charge in [0.25, 0.3) is 0 Å². The lowest BCUT2D eigenvalue weighted by Gasteiger charge is -2.25. The van der Waals surface area contributed by atoms with Crippen molar-refractivity contribution in [3.63, 3.8) is 0 Å². The second-order valence-electron chi connectivity index (χ2n) is 5.62. The summed E-state index contributed by atoms with van der Waals surface area (Å²) in [4.78, 5) is 14.3. The van der Waals surface area contributed by atoms with E-state index in [1.54, 1.807) is 0 Å². The average molecular weight is 327 g/mol. The van der Waals surface area contributed by atoms with Crippen molar-refractivity contribution in [2.24, 2.45) is 5.73 Å². The van der Waals surface area contributed by atoms with E-state index in [-0.39, 0.29) is 24.4 Å². The van der Waals surface area contributed by atoms with Gasteiger partial charge in [0.2, 0.25) is 5.91 Å². The van der Waals surface area contributed by atoms with E-state index in [1.165, 1.54) is 6.42 Å². The van der Waals surface area contributed by atoms with E-state index >= 15 is 0 Å². The lowest BCUT2D eigenvalue weighted by atomic mass is 10.0. The number of hydrogen-bond acceptors (Lipinski definition) is 3. The number of halogens is 1. The van der Waals surface area contributed by atoms with Crippen molar-refractivity contribution in [2.45, 2.75) is 44.8 Å². The number of carbonyl (C=O) groups is 1. The molecule has 1 aliphatic heterocycles. The van der Waals surface area contributed by atoms with E-state index in [2.05, 4.69) is 0 Å². The van der Waals surface area contributed by atoms with Crippen LogP contribution in [0.3, 0.4) is 0 Å². The van der Waals surface area contributed by atoms with Gasteiger partial charge in [0.05, 0.1) is 6.10 Å². The van der Waals surface area contributed by atoms with Crippen LogP contribution in [0.4, 0.5) is 0 Å². The Bertz CT molecular complexity index is 422. The van der Waals surface area contributed by atoms with E-state index < -0.39 is 0 Å². The Hall–Kier alpha value is -1.10. The first-order valence-electron chi connectivity index (χ1n) is 7.93. The third-order valence-electron chi connectivity index (χ3n) is 3.92. The summed E-state index contributed by atoms with van der Waals surface area (Å²) >= 11 is 0. The number of nitrogens with zero attached hydrogens (tertiary/aromatic N) is 1. The molecule has 1 aromatic rings. The van der Waals surface area contributed by atoms with Crippen molar-refractivity contribution < 1.29 is 9.53 Å². The molecule has 0 saturated carbocycles. The van der Waals surface area contributed by atoms with Crippen LogP contribution < -0.4 is 5.73 Å². The largest absolute Gasteiger partial charge is 0.378 e. The Morgan fingerprint density at radius 1 is 1.27 bits per heavy atom. The van der Waals surface area contributed by atoms with Gasteiger partial charge in [-0.3, -0.25) is 4.79 Å². The van der Waals surface area contributed by atoms with Gasteiger partial charge in [-0.05, 0) is 31.2 Å². The molecular formula is C17H27ClN2O2. The van der Waals surface area contributed by atoms with Gasteiger partial charge in [-0.2, -0.15) is 0 Å². The van der Waals surface area contributed by atoms with Crippen molar-refractivity contribution in [1.82, 2.24) is 4.90 Å². The summed E-state index contributed by atoms with van der Waals surface area (Å²) in [5.41, 5.74) is 6.79. The zero-order valence-corrected chi connectivity index (χ0v) is 13.9. The van der Waals surface area contributed by atoms with Crippen molar-refractivity contribution >= 4 is 18.3 Å². The van der Waals surface area contributed by atoms with Crippen LogP contribution >= 0.6 is 12.4 Å². The number of amides is 1. The number of benzene rings is 1. The first-order chi connectivity index (χ1) is 10.3. The minimum Gasteiger partial charge on any atom is -0.378 e. The highest BCUT2D eigenvalue weighted by Crippen LogP contribution is 2.18. The maximum absolute atomic E-state index is 12.4. The fraction of sp³-hybridized carbons (Fsp3) is 0.588. The minimum absolute atomic E-state index is 0. The number of ether oxygens (including phenoxy) is 1. The Labute approximate surface area is 139 Å². The molecule has 124 valence electrons. The van der Waals surface area contributed by atoms with Gasteiger partial charge in [0.1, 0.15) is 0 Å². The molecule has 22 heavy (non-hydrogen) atoms. The molecule has 1 atom stereocenters. The first-order valence-corrected chi connectivity index (χ1v) is 7.93. The molecule has 4 nitrogen and oxygen atoms in total. The number of rotatable bonds is 7.